The van der Waals surface area contributed by atoms with Crippen molar-refractivity contribution in [3.8, 4) is 0 Å². The van der Waals surface area contributed by atoms with Crippen molar-refractivity contribution in [2.45, 2.75) is 66.3 Å². The first kappa shape index (κ1) is 21.3. The maximum absolute atomic E-state index is 5.48. The molecule has 5 nitrogen and oxygen atoms in total. The Morgan fingerprint density at radius 1 is 1.38 bits per heavy atom. The molecule has 0 bridgehead atoms. The van der Waals surface area contributed by atoms with Crippen molar-refractivity contribution < 1.29 is 4.52 Å². The first-order chi connectivity index (χ1) is 11.0. The number of aliphatic imine (C=N–C) groups is 1. The predicted molar refractivity (Wildman–Crippen MR) is 110 cm³/mol. The summed E-state index contributed by atoms with van der Waals surface area (Å²) in [4.78, 5) is 7.10. The van der Waals surface area contributed by atoms with Gasteiger partial charge in [-0.2, -0.15) is 0 Å². The van der Waals surface area contributed by atoms with Crippen molar-refractivity contribution >= 4 is 29.9 Å². The fourth-order valence-corrected chi connectivity index (χ4v) is 3.17. The van der Waals surface area contributed by atoms with Crippen molar-refractivity contribution in [3.63, 3.8) is 0 Å². The maximum atomic E-state index is 5.48. The standard InChI is InChI=1S/C18H32N4O.HI/c1-6-14(7-2)16-11-15(23-21-16)12-20-17(19-8-3)22-10-9-18(4,5)13-22;/h11,14H,6-10,12-13H2,1-5H3,(H,19,20);1H. The lowest BCUT2D eigenvalue weighted by atomic mass is 9.93. The van der Waals surface area contributed by atoms with Gasteiger partial charge in [0.2, 0.25) is 0 Å². The number of nitrogens with one attached hydrogen (secondary N) is 1. The Hall–Kier alpha value is -0.790. The second-order valence-electron chi connectivity index (χ2n) is 7.24. The third-order valence-electron chi connectivity index (χ3n) is 4.68. The highest BCUT2D eigenvalue weighted by atomic mass is 127. The van der Waals surface area contributed by atoms with Crippen LogP contribution in [0.4, 0.5) is 0 Å². The Morgan fingerprint density at radius 3 is 2.62 bits per heavy atom. The van der Waals surface area contributed by atoms with Crippen LogP contribution in [0.15, 0.2) is 15.6 Å². The highest BCUT2D eigenvalue weighted by molar-refractivity contribution is 14.0. The Labute approximate surface area is 163 Å². The second kappa shape index (κ2) is 9.63. The molecule has 1 N–H and O–H groups in total. The minimum atomic E-state index is 0. The molecule has 2 rings (SSSR count). The van der Waals surface area contributed by atoms with Crippen LogP contribution in [-0.2, 0) is 6.54 Å². The van der Waals surface area contributed by atoms with Crippen LogP contribution in [0, 0.1) is 5.41 Å². The number of likely N-dealkylation sites (tertiary alicyclic amines) is 1. The van der Waals surface area contributed by atoms with Crippen LogP contribution in [0.25, 0.3) is 0 Å². The Morgan fingerprint density at radius 2 is 2.08 bits per heavy atom. The molecule has 1 aromatic rings. The Balaban J connectivity index is 0.00000288. The van der Waals surface area contributed by atoms with Gasteiger partial charge in [0.05, 0.1) is 5.69 Å². The fourth-order valence-electron chi connectivity index (χ4n) is 3.17. The molecule has 0 radical (unpaired) electrons. The quantitative estimate of drug-likeness (QED) is 0.399. The van der Waals surface area contributed by atoms with Crippen molar-refractivity contribution in [1.29, 1.82) is 0 Å². The molecule has 0 saturated carbocycles. The molecule has 1 aliphatic rings. The third kappa shape index (κ3) is 5.63. The molecule has 138 valence electrons. The number of aromatic nitrogens is 1. The van der Waals surface area contributed by atoms with E-state index in [-0.39, 0.29) is 24.0 Å². The molecule has 1 saturated heterocycles. The number of nitrogens with zero attached hydrogens (tertiary/aromatic N) is 3. The fraction of sp³-hybridized carbons (Fsp3) is 0.778. The van der Waals surface area contributed by atoms with E-state index in [1.54, 1.807) is 0 Å². The number of rotatable bonds is 6. The molecule has 2 heterocycles. The monoisotopic (exact) mass is 448 g/mol. The first-order valence-corrected chi connectivity index (χ1v) is 8.97. The van der Waals surface area contributed by atoms with Gasteiger partial charge in [-0.05, 0) is 31.6 Å². The van der Waals surface area contributed by atoms with E-state index < -0.39 is 0 Å². The molecule has 0 aliphatic carbocycles. The summed E-state index contributed by atoms with van der Waals surface area (Å²) in [7, 11) is 0. The average Bonchev–Trinajstić information content (AvgIpc) is 3.11. The second-order valence-corrected chi connectivity index (χ2v) is 7.24. The Kier molecular flexibility index (Phi) is 8.53. The highest BCUT2D eigenvalue weighted by Crippen LogP contribution is 2.28. The van der Waals surface area contributed by atoms with Gasteiger partial charge < -0.3 is 14.7 Å². The SMILES string of the molecule is CCNC(=NCc1cc(C(CC)CC)no1)N1CCC(C)(C)C1.I. The van der Waals surface area contributed by atoms with Crippen LogP contribution in [-0.4, -0.2) is 35.7 Å². The van der Waals surface area contributed by atoms with Gasteiger partial charge in [-0.3, -0.25) is 0 Å². The summed E-state index contributed by atoms with van der Waals surface area (Å²) < 4.78 is 5.48. The van der Waals surface area contributed by atoms with Gasteiger partial charge in [-0.25, -0.2) is 4.99 Å². The summed E-state index contributed by atoms with van der Waals surface area (Å²) in [5.41, 5.74) is 1.43. The zero-order valence-corrected chi connectivity index (χ0v) is 18.1. The summed E-state index contributed by atoms with van der Waals surface area (Å²) in [6.07, 6.45) is 3.40. The van der Waals surface area contributed by atoms with Gasteiger partial charge in [-0.15, -0.1) is 24.0 Å². The van der Waals surface area contributed by atoms with Gasteiger partial charge in [0.15, 0.2) is 11.7 Å². The summed E-state index contributed by atoms with van der Waals surface area (Å²) >= 11 is 0. The summed E-state index contributed by atoms with van der Waals surface area (Å²) in [6.45, 7) is 14.7. The van der Waals surface area contributed by atoms with Gasteiger partial charge in [0.1, 0.15) is 6.54 Å². The number of guanidine groups is 1. The van der Waals surface area contributed by atoms with Crippen LogP contribution in [0.1, 0.15) is 71.3 Å². The normalized spacial score (nSPS) is 17.2. The highest BCUT2D eigenvalue weighted by Gasteiger charge is 2.30. The molecular weight excluding hydrogens is 415 g/mol. The third-order valence-corrected chi connectivity index (χ3v) is 4.68. The van der Waals surface area contributed by atoms with Crippen molar-refractivity contribution in [1.82, 2.24) is 15.4 Å². The van der Waals surface area contributed by atoms with Crippen LogP contribution in [0.5, 0.6) is 0 Å². The van der Waals surface area contributed by atoms with Gasteiger partial charge >= 0.3 is 0 Å². The summed E-state index contributed by atoms with van der Waals surface area (Å²) in [5.74, 6) is 2.32. The zero-order chi connectivity index (χ0) is 16.9. The van der Waals surface area contributed by atoms with Crippen LogP contribution in [0.3, 0.4) is 0 Å². The van der Waals surface area contributed by atoms with E-state index in [2.05, 4.69) is 56.1 Å². The molecule has 1 aromatic heterocycles. The van der Waals surface area contributed by atoms with Crippen molar-refractivity contribution in [3.05, 3.63) is 17.5 Å². The van der Waals surface area contributed by atoms with E-state index in [0.717, 1.165) is 49.9 Å². The van der Waals surface area contributed by atoms with Gasteiger partial charge in [-0.1, -0.05) is 32.9 Å². The van der Waals surface area contributed by atoms with E-state index >= 15 is 0 Å². The molecule has 0 aromatic carbocycles. The molecule has 24 heavy (non-hydrogen) atoms. The number of halogens is 1. The van der Waals surface area contributed by atoms with Crippen LogP contribution < -0.4 is 5.32 Å². The molecule has 0 atom stereocenters. The summed E-state index contributed by atoms with van der Waals surface area (Å²) in [5, 5.41) is 7.62. The van der Waals surface area contributed by atoms with Crippen molar-refractivity contribution in [2.75, 3.05) is 19.6 Å². The van der Waals surface area contributed by atoms with E-state index in [1.165, 1.54) is 6.42 Å². The first-order valence-electron chi connectivity index (χ1n) is 8.97. The topological polar surface area (TPSA) is 53.7 Å². The van der Waals surface area contributed by atoms with E-state index in [9.17, 15) is 0 Å². The number of hydrogen-bond donors (Lipinski definition) is 1. The molecule has 0 amide bonds. The zero-order valence-electron chi connectivity index (χ0n) is 15.8. The molecule has 1 aliphatic heterocycles. The molecular formula is C18H33IN4O. The van der Waals surface area contributed by atoms with Crippen molar-refractivity contribution in [2.24, 2.45) is 10.4 Å². The lowest BCUT2D eigenvalue weighted by Crippen LogP contribution is -2.40. The van der Waals surface area contributed by atoms with Gasteiger partial charge in [0.25, 0.3) is 0 Å². The predicted octanol–water partition coefficient (Wildman–Crippen LogP) is 4.39. The summed E-state index contributed by atoms with van der Waals surface area (Å²) in [6, 6.07) is 2.07. The lowest BCUT2D eigenvalue weighted by Gasteiger charge is -2.23. The van der Waals surface area contributed by atoms with Crippen LogP contribution >= 0.6 is 24.0 Å². The van der Waals surface area contributed by atoms with E-state index in [0.29, 0.717) is 17.9 Å². The maximum Gasteiger partial charge on any atom is 0.194 e. The van der Waals surface area contributed by atoms with Crippen LogP contribution in [0.2, 0.25) is 0 Å². The Bertz CT molecular complexity index is 523. The average molecular weight is 448 g/mol. The number of hydrogen-bond acceptors (Lipinski definition) is 3. The molecule has 6 heteroatoms. The van der Waals surface area contributed by atoms with Gasteiger partial charge in [0, 0.05) is 31.6 Å². The minimum Gasteiger partial charge on any atom is -0.359 e. The molecule has 0 unspecified atom stereocenters. The van der Waals surface area contributed by atoms with E-state index in [1.807, 2.05) is 0 Å². The lowest BCUT2D eigenvalue weighted by molar-refractivity contribution is 0.364. The minimum absolute atomic E-state index is 0. The largest absolute Gasteiger partial charge is 0.359 e. The molecule has 1 fully saturated rings. The molecule has 0 spiro atoms. The van der Waals surface area contributed by atoms with E-state index in [4.69, 9.17) is 9.52 Å². The smallest absolute Gasteiger partial charge is 0.194 e.